The second kappa shape index (κ2) is 14.0. The summed E-state index contributed by atoms with van der Waals surface area (Å²) in [5.74, 6) is 0. The molecule has 1 N–H and O–H groups in total. The van der Waals surface area contributed by atoms with E-state index < -0.39 is 0 Å². The highest BCUT2D eigenvalue weighted by atomic mass is 14.8. The molecule has 1 aliphatic rings. The summed E-state index contributed by atoms with van der Waals surface area (Å²) >= 11 is 0. The average molecular weight is 786 g/mol. The largest absolute Gasteiger partial charge is 0.353 e. The van der Waals surface area contributed by atoms with E-state index in [9.17, 15) is 5.26 Å². The summed E-state index contributed by atoms with van der Waals surface area (Å²) < 4.78 is 0. The summed E-state index contributed by atoms with van der Waals surface area (Å²) in [7, 11) is 0. The fourth-order valence-electron chi connectivity index (χ4n) is 8.75. The molecule has 4 heterocycles. The van der Waals surface area contributed by atoms with Crippen LogP contribution in [-0.2, 0) is 10.8 Å². The maximum atomic E-state index is 11.2. The van der Waals surface area contributed by atoms with Gasteiger partial charge in [-0.05, 0) is 110 Å². The Bertz CT molecular complexity index is 3110. The van der Waals surface area contributed by atoms with E-state index >= 15 is 0 Å². The minimum Gasteiger partial charge on any atom is -0.353 e. The Morgan fingerprint density at radius 3 is 1.43 bits per heavy atom. The first-order valence-electron chi connectivity index (χ1n) is 20.7. The van der Waals surface area contributed by atoms with Gasteiger partial charge in [0.1, 0.15) is 6.07 Å². The van der Waals surface area contributed by atoms with Crippen molar-refractivity contribution in [2.75, 3.05) is 0 Å². The predicted molar refractivity (Wildman–Crippen MR) is 251 cm³/mol. The highest BCUT2D eigenvalue weighted by molar-refractivity contribution is 6.16. The topological polar surface area (TPSA) is 69.7 Å². The van der Waals surface area contributed by atoms with Gasteiger partial charge < -0.3 is 4.98 Å². The van der Waals surface area contributed by atoms with Crippen molar-refractivity contribution in [2.45, 2.75) is 52.4 Å². The van der Waals surface area contributed by atoms with E-state index in [0.717, 1.165) is 88.8 Å². The fraction of sp³-hybridized carbons (Fsp3) is 0.143. The Morgan fingerprint density at radius 1 is 0.492 bits per heavy atom. The van der Waals surface area contributed by atoms with Crippen molar-refractivity contribution >= 4 is 27.5 Å². The number of aromatic amines is 1. The van der Waals surface area contributed by atoms with Gasteiger partial charge in [-0.3, -0.25) is 4.98 Å². The minimum absolute atomic E-state index is 0.186. The van der Waals surface area contributed by atoms with Crippen LogP contribution in [0, 0.1) is 17.9 Å². The number of nitriles is 1. The molecular weight excluding hydrogens is 743 g/mol. The number of fused-ring (bicyclic) bond motifs is 11. The van der Waals surface area contributed by atoms with Crippen molar-refractivity contribution in [1.29, 1.82) is 5.26 Å². The van der Waals surface area contributed by atoms with Crippen LogP contribution >= 0.6 is 0 Å². The molecule has 3 aromatic heterocycles. The van der Waals surface area contributed by atoms with E-state index in [-0.39, 0.29) is 10.8 Å². The van der Waals surface area contributed by atoms with Crippen molar-refractivity contribution in [3.63, 3.8) is 0 Å². The lowest BCUT2D eigenvalue weighted by atomic mass is 9.83. The smallest absolute Gasteiger partial charge is 0.220 e. The molecule has 0 fully saturated rings. The van der Waals surface area contributed by atoms with Gasteiger partial charge in [0.2, 0.25) is 5.69 Å². The molecule has 0 unspecified atom stereocenters. The highest BCUT2D eigenvalue weighted by Gasteiger charge is 2.28. The summed E-state index contributed by atoms with van der Waals surface area (Å²) in [5.41, 5.74) is 16.4. The van der Waals surface area contributed by atoms with Gasteiger partial charge in [0.05, 0.1) is 45.9 Å². The Kier molecular flexibility index (Phi) is 8.65. The molecule has 5 nitrogen and oxygen atoms in total. The number of nitrogens with one attached hydrogen (secondary N) is 1. The van der Waals surface area contributed by atoms with Crippen LogP contribution in [0.5, 0.6) is 0 Å². The van der Waals surface area contributed by atoms with Crippen LogP contribution in [0.4, 0.5) is 5.69 Å². The van der Waals surface area contributed by atoms with Gasteiger partial charge in [0.25, 0.3) is 0 Å². The summed E-state index contributed by atoms with van der Waals surface area (Å²) in [6.07, 6.45) is 0. The van der Waals surface area contributed by atoms with Gasteiger partial charge in [-0.25, -0.2) is 9.83 Å². The molecule has 9 aromatic rings. The number of hydrogen-bond donors (Lipinski definition) is 1. The summed E-state index contributed by atoms with van der Waals surface area (Å²) in [4.78, 5) is 19.3. The quantitative estimate of drug-likeness (QED) is 0.181. The zero-order valence-electron chi connectivity index (χ0n) is 35.1. The number of rotatable bonds is 3. The second-order valence-corrected chi connectivity index (χ2v) is 18.2. The van der Waals surface area contributed by atoms with E-state index in [2.05, 4.69) is 148 Å². The molecule has 10 rings (SSSR count). The molecule has 292 valence electrons. The number of hydrogen-bond acceptors (Lipinski definition) is 3. The lowest BCUT2D eigenvalue weighted by molar-refractivity contribution is 0.590. The van der Waals surface area contributed by atoms with Crippen molar-refractivity contribution in [1.82, 2.24) is 15.0 Å². The van der Waals surface area contributed by atoms with Gasteiger partial charge in [0, 0.05) is 33.0 Å². The van der Waals surface area contributed by atoms with Gasteiger partial charge in [-0.2, -0.15) is 5.26 Å². The Labute approximate surface area is 356 Å². The molecule has 0 aliphatic carbocycles. The van der Waals surface area contributed by atoms with Crippen LogP contribution in [0.15, 0.2) is 146 Å². The van der Waals surface area contributed by atoms with E-state index in [0.29, 0.717) is 22.6 Å². The SMILES string of the molecule is [C-]#[N+]c1c(-c2ccccc2)cc2nc1-c1cc(-c3ccccc3)cc(c1)-c1nc(cc(-c3ccccc3)c1C#N)-c1cc(C(C)(C)C)cc3c1[nH]c1c-2cc(C(C)(C)C)cc13. The minimum atomic E-state index is -0.187. The molecule has 0 atom stereocenters. The van der Waals surface area contributed by atoms with Crippen LogP contribution in [0.3, 0.4) is 0 Å². The van der Waals surface area contributed by atoms with E-state index in [1.807, 2.05) is 54.6 Å². The van der Waals surface area contributed by atoms with Crippen molar-refractivity contribution in [3.05, 3.63) is 174 Å². The summed E-state index contributed by atoms with van der Waals surface area (Å²) in [6, 6.07) is 52.9. The number of benzene rings is 6. The first-order chi connectivity index (χ1) is 29.4. The lowest BCUT2D eigenvalue weighted by Gasteiger charge is -2.22. The Morgan fingerprint density at radius 2 is 0.934 bits per heavy atom. The van der Waals surface area contributed by atoms with Crippen molar-refractivity contribution in [3.8, 4) is 84.5 Å². The van der Waals surface area contributed by atoms with E-state index in [4.69, 9.17) is 16.5 Å². The normalized spacial score (nSPS) is 12.1. The van der Waals surface area contributed by atoms with Gasteiger partial charge in [-0.15, -0.1) is 0 Å². The van der Waals surface area contributed by atoms with Crippen LogP contribution in [-0.4, -0.2) is 15.0 Å². The zero-order chi connectivity index (χ0) is 42.2. The molecule has 0 saturated carbocycles. The third-order valence-electron chi connectivity index (χ3n) is 12.1. The first kappa shape index (κ1) is 37.7. The standard InChI is InChI=1S/C56H43N5/c1-55(2,3)39-26-43-44-27-40(56(4,5)6)29-46-49-31-42(35-21-15-10-16-22-35)54(58-7)51(60-49)38-24-36(33-17-11-8-12-18-33)23-37(25-38)50-47(32-57)41(34-19-13-9-14-20-34)30-48(59-50)45(28-39)52(43)61-53(44)46/h8-31,61H,1-6H3. The molecule has 0 spiro atoms. The van der Waals surface area contributed by atoms with Crippen LogP contribution < -0.4 is 0 Å². The maximum Gasteiger partial charge on any atom is 0.220 e. The third kappa shape index (κ3) is 6.38. The Balaban J connectivity index is 1.47. The molecule has 61 heavy (non-hydrogen) atoms. The van der Waals surface area contributed by atoms with Crippen LogP contribution in [0.25, 0.3) is 105 Å². The molecule has 0 radical (unpaired) electrons. The predicted octanol–water partition coefficient (Wildman–Crippen LogP) is 15.1. The second-order valence-electron chi connectivity index (χ2n) is 18.2. The molecule has 0 saturated heterocycles. The molecule has 0 amide bonds. The first-order valence-corrected chi connectivity index (χ1v) is 20.7. The van der Waals surface area contributed by atoms with Crippen LogP contribution in [0.2, 0.25) is 0 Å². The van der Waals surface area contributed by atoms with Crippen molar-refractivity contribution in [2.24, 2.45) is 0 Å². The summed E-state index contributed by atoms with van der Waals surface area (Å²) in [6.45, 7) is 22.2. The average Bonchev–Trinajstić information content (AvgIpc) is 3.66. The maximum absolute atomic E-state index is 11.2. The summed E-state index contributed by atoms with van der Waals surface area (Å²) in [5, 5.41) is 13.4. The highest BCUT2D eigenvalue weighted by Crippen LogP contribution is 2.48. The molecule has 6 aromatic carbocycles. The zero-order valence-corrected chi connectivity index (χ0v) is 35.1. The van der Waals surface area contributed by atoms with Gasteiger partial charge >= 0.3 is 0 Å². The molecular formula is C56H43N5. The number of H-pyrrole nitrogens is 1. The molecule has 5 heteroatoms. The molecule has 8 bridgehead atoms. The number of pyridine rings is 2. The van der Waals surface area contributed by atoms with Crippen molar-refractivity contribution < 1.29 is 0 Å². The van der Waals surface area contributed by atoms with E-state index in [1.54, 1.807) is 0 Å². The van der Waals surface area contributed by atoms with Gasteiger partial charge in [-0.1, -0.05) is 133 Å². The van der Waals surface area contributed by atoms with Gasteiger partial charge in [0.15, 0.2) is 0 Å². The lowest BCUT2D eigenvalue weighted by Crippen LogP contribution is -2.11. The number of aromatic nitrogens is 3. The third-order valence-corrected chi connectivity index (χ3v) is 12.1. The Hall–Kier alpha value is -7.60. The fourth-order valence-corrected chi connectivity index (χ4v) is 8.75. The van der Waals surface area contributed by atoms with E-state index in [1.165, 1.54) is 11.1 Å². The monoisotopic (exact) mass is 785 g/mol. The van der Waals surface area contributed by atoms with Crippen LogP contribution in [0.1, 0.15) is 58.2 Å². The number of nitrogens with zero attached hydrogens (tertiary/aromatic N) is 4. The molecule has 1 aliphatic heterocycles.